The van der Waals surface area contributed by atoms with Crippen LogP contribution in [-0.2, 0) is 9.53 Å². The molecule has 0 radical (unpaired) electrons. The van der Waals surface area contributed by atoms with Crippen molar-refractivity contribution in [1.82, 2.24) is 9.80 Å². The number of esters is 1. The molecule has 0 atom stereocenters. The van der Waals surface area contributed by atoms with E-state index in [9.17, 15) is 4.79 Å². The average Bonchev–Trinajstić information content (AvgIpc) is 2.31. The summed E-state index contributed by atoms with van der Waals surface area (Å²) in [5, 5.41) is 0. The molecule has 0 rings (SSSR count). The van der Waals surface area contributed by atoms with Gasteiger partial charge >= 0.3 is 5.97 Å². The van der Waals surface area contributed by atoms with Crippen molar-refractivity contribution in [2.45, 2.75) is 47.4 Å². The van der Waals surface area contributed by atoms with Crippen LogP contribution in [0.5, 0.6) is 0 Å². The van der Waals surface area contributed by atoms with Gasteiger partial charge in [0.2, 0.25) is 5.85 Å². The van der Waals surface area contributed by atoms with Crippen molar-refractivity contribution >= 4 is 5.97 Å². The third kappa shape index (κ3) is 3.82. The smallest absolute Gasteiger partial charge is 0.335 e. The molecule has 0 saturated heterocycles. The summed E-state index contributed by atoms with van der Waals surface area (Å²) in [6.07, 6.45) is 0. The molecular formula is C14H28N2O2. The Kier molecular flexibility index (Phi) is 7.18. The molecule has 0 unspecified atom stereocenters. The van der Waals surface area contributed by atoms with Crippen molar-refractivity contribution in [1.29, 1.82) is 0 Å². The second-order valence-electron chi connectivity index (χ2n) is 4.45. The van der Waals surface area contributed by atoms with Crippen molar-refractivity contribution in [2.75, 3.05) is 26.2 Å². The lowest BCUT2D eigenvalue weighted by Gasteiger charge is -2.46. The lowest BCUT2D eigenvalue weighted by molar-refractivity contribution is -0.226. The number of carbonyl (C=O) groups excluding carboxylic acids is 1. The Hall–Kier alpha value is -0.870. The van der Waals surface area contributed by atoms with Gasteiger partial charge < -0.3 is 4.74 Å². The predicted octanol–water partition coefficient (Wildman–Crippen LogP) is 2.46. The minimum absolute atomic E-state index is 0.337. The second-order valence-corrected chi connectivity index (χ2v) is 4.45. The van der Waals surface area contributed by atoms with Gasteiger partial charge in [0.25, 0.3) is 0 Å². The van der Waals surface area contributed by atoms with Crippen molar-refractivity contribution < 1.29 is 9.53 Å². The van der Waals surface area contributed by atoms with Gasteiger partial charge in [0, 0.05) is 38.7 Å². The number of carbonyl (C=O) groups is 1. The Labute approximate surface area is 112 Å². The van der Waals surface area contributed by atoms with Crippen LogP contribution in [0.4, 0.5) is 0 Å². The summed E-state index contributed by atoms with van der Waals surface area (Å²) in [6.45, 7) is 18.9. The highest BCUT2D eigenvalue weighted by molar-refractivity contribution is 5.87. The standard InChI is InChI=1S/C14H28N2O2/c1-8-15(9-2)14(7,16(10-3)11-4)18-13(17)12(5)6/h5,8-11H2,1-4,6-7H3. The molecule has 106 valence electrons. The normalized spacial score (nSPS) is 12.0. The molecule has 0 bridgehead atoms. The number of ether oxygens (including phenoxy) is 1. The van der Waals surface area contributed by atoms with E-state index in [4.69, 9.17) is 4.74 Å². The van der Waals surface area contributed by atoms with Gasteiger partial charge in [-0.05, 0) is 6.92 Å². The Balaban J connectivity index is 5.25. The molecule has 0 spiro atoms. The third-order valence-electron chi connectivity index (χ3n) is 3.33. The lowest BCUT2D eigenvalue weighted by atomic mass is 10.2. The van der Waals surface area contributed by atoms with Crippen molar-refractivity contribution in [2.24, 2.45) is 0 Å². The van der Waals surface area contributed by atoms with Crippen LogP contribution in [-0.4, -0.2) is 47.8 Å². The van der Waals surface area contributed by atoms with Gasteiger partial charge in [-0.15, -0.1) is 0 Å². The van der Waals surface area contributed by atoms with E-state index in [1.165, 1.54) is 0 Å². The van der Waals surface area contributed by atoms with E-state index in [-0.39, 0.29) is 5.97 Å². The highest BCUT2D eigenvalue weighted by Gasteiger charge is 2.39. The molecule has 0 aliphatic carbocycles. The minimum Gasteiger partial charge on any atom is -0.427 e. The van der Waals surface area contributed by atoms with Crippen LogP contribution in [0.1, 0.15) is 41.5 Å². The topological polar surface area (TPSA) is 32.8 Å². The molecule has 0 aliphatic rings. The predicted molar refractivity (Wildman–Crippen MR) is 75.2 cm³/mol. The van der Waals surface area contributed by atoms with Gasteiger partial charge in [-0.1, -0.05) is 34.3 Å². The van der Waals surface area contributed by atoms with Gasteiger partial charge in [0.05, 0.1) is 0 Å². The maximum Gasteiger partial charge on any atom is 0.335 e. The zero-order chi connectivity index (χ0) is 14.3. The molecule has 0 saturated carbocycles. The fraction of sp³-hybridized carbons (Fsp3) is 0.786. The van der Waals surface area contributed by atoms with Crippen molar-refractivity contribution in [3.63, 3.8) is 0 Å². The molecular weight excluding hydrogens is 228 g/mol. The largest absolute Gasteiger partial charge is 0.427 e. The van der Waals surface area contributed by atoms with Crippen LogP contribution >= 0.6 is 0 Å². The van der Waals surface area contributed by atoms with Crippen LogP contribution in [0.15, 0.2) is 12.2 Å². The van der Waals surface area contributed by atoms with E-state index >= 15 is 0 Å². The summed E-state index contributed by atoms with van der Waals surface area (Å²) >= 11 is 0. The summed E-state index contributed by atoms with van der Waals surface area (Å²) in [6, 6.07) is 0. The molecule has 0 amide bonds. The molecule has 0 aromatic rings. The van der Waals surface area contributed by atoms with Crippen LogP contribution < -0.4 is 0 Å². The number of rotatable bonds is 8. The van der Waals surface area contributed by atoms with Gasteiger partial charge in [-0.3, -0.25) is 9.80 Å². The molecule has 0 aliphatic heterocycles. The average molecular weight is 256 g/mol. The van der Waals surface area contributed by atoms with Crippen molar-refractivity contribution in [3.8, 4) is 0 Å². The molecule has 0 aromatic carbocycles. The monoisotopic (exact) mass is 256 g/mol. The van der Waals surface area contributed by atoms with Gasteiger partial charge in [-0.25, -0.2) is 4.79 Å². The Bertz CT molecular complexity index is 270. The quantitative estimate of drug-likeness (QED) is 0.379. The fourth-order valence-electron chi connectivity index (χ4n) is 2.21. The number of hydrogen-bond acceptors (Lipinski definition) is 4. The van der Waals surface area contributed by atoms with E-state index < -0.39 is 5.85 Å². The SMILES string of the molecule is C=C(C)C(=O)OC(C)(N(CC)CC)N(CC)CC. The molecule has 0 N–H and O–H groups in total. The zero-order valence-electron chi connectivity index (χ0n) is 12.7. The fourth-order valence-corrected chi connectivity index (χ4v) is 2.21. The minimum atomic E-state index is -0.705. The zero-order valence-corrected chi connectivity index (χ0v) is 12.7. The van der Waals surface area contributed by atoms with Crippen molar-refractivity contribution in [3.05, 3.63) is 12.2 Å². The van der Waals surface area contributed by atoms with Crippen LogP contribution in [0.3, 0.4) is 0 Å². The highest BCUT2D eigenvalue weighted by atomic mass is 16.6. The summed E-state index contributed by atoms with van der Waals surface area (Å²) in [5.74, 6) is -1.04. The first-order chi connectivity index (χ1) is 8.37. The Morgan fingerprint density at radius 3 is 1.61 bits per heavy atom. The summed E-state index contributed by atoms with van der Waals surface area (Å²) < 4.78 is 5.70. The highest BCUT2D eigenvalue weighted by Crippen LogP contribution is 2.23. The van der Waals surface area contributed by atoms with Crippen LogP contribution in [0, 0.1) is 0 Å². The van der Waals surface area contributed by atoms with E-state index in [1.54, 1.807) is 6.92 Å². The van der Waals surface area contributed by atoms with Gasteiger partial charge in [-0.2, -0.15) is 0 Å². The summed E-state index contributed by atoms with van der Waals surface area (Å²) in [4.78, 5) is 16.1. The lowest BCUT2D eigenvalue weighted by Crippen LogP contribution is -2.61. The first-order valence-electron chi connectivity index (χ1n) is 6.76. The molecule has 18 heavy (non-hydrogen) atoms. The van der Waals surface area contributed by atoms with E-state index in [0.717, 1.165) is 26.2 Å². The second kappa shape index (κ2) is 7.54. The number of nitrogens with zero attached hydrogens (tertiary/aromatic N) is 2. The molecule has 4 heteroatoms. The first kappa shape index (κ1) is 17.1. The Morgan fingerprint density at radius 2 is 1.39 bits per heavy atom. The van der Waals surface area contributed by atoms with Crippen LogP contribution in [0.25, 0.3) is 0 Å². The molecule has 0 aromatic heterocycles. The van der Waals surface area contributed by atoms with E-state index in [0.29, 0.717) is 5.57 Å². The first-order valence-corrected chi connectivity index (χ1v) is 6.76. The van der Waals surface area contributed by atoms with E-state index in [2.05, 4.69) is 44.1 Å². The summed E-state index contributed by atoms with van der Waals surface area (Å²) in [5.41, 5.74) is 0.431. The molecule has 0 fully saturated rings. The Morgan fingerprint density at radius 1 is 1.06 bits per heavy atom. The third-order valence-corrected chi connectivity index (χ3v) is 3.33. The maximum atomic E-state index is 11.9. The summed E-state index contributed by atoms with van der Waals surface area (Å²) in [7, 11) is 0. The maximum absolute atomic E-state index is 11.9. The molecule has 4 nitrogen and oxygen atoms in total. The van der Waals surface area contributed by atoms with Gasteiger partial charge in [0.1, 0.15) is 0 Å². The van der Waals surface area contributed by atoms with E-state index in [1.807, 2.05) is 6.92 Å². The van der Waals surface area contributed by atoms with Crippen LogP contribution in [0.2, 0.25) is 0 Å². The molecule has 0 heterocycles. The number of hydrogen-bond donors (Lipinski definition) is 0. The van der Waals surface area contributed by atoms with Gasteiger partial charge in [0.15, 0.2) is 0 Å².